The number of anilines is 1. The second kappa shape index (κ2) is 7.04. The zero-order valence-electron chi connectivity index (χ0n) is 11.9. The summed E-state index contributed by atoms with van der Waals surface area (Å²) in [5.41, 5.74) is 5.40. The zero-order chi connectivity index (χ0) is 15.2. The summed E-state index contributed by atoms with van der Waals surface area (Å²) in [6.45, 7) is 3.78. The summed E-state index contributed by atoms with van der Waals surface area (Å²) in [4.78, 5) is 11.9. The molecule has 0 radical (unpaired) electrons. The topological polar surface area (TPSA) is 64.3 Å². The number of hydrogen-bond donors (Lipinski definition) is 2. The Hall–Kier alpha value is -1.90. The van der Waals surface area contributed by atoms with E-state index in [9.17, 15) is 9.18 Å². The molecule has 0 aliphatic rings. The lowest BCUT2D eigenvalue weighted by Gasteiger charge is -2.21. The predicted molar refractivity (Wildman–Crippen MR) is 76.7 cm³/mol. The molecule has 0 fully saturated rings. The number of hydrogen-bond acceptors (Lipinski definition) is 3. The van der Waals surface area contributed by atoms with E-state index in [1.807, 2.05) is 13.8 Å². The van der Waals surface area contributed by atoms with Crippen molar-refractivity contribution in [3.05, 3.63) is 29.6 Å². The molecule has 3 N–H and O–H groups in total. The normalized spacial score (nSPS) is 10.7. The third-order valence-electron chi connectivity index (χ3n) is 2.71. The first kappa shape index (κ1) is 16.2. The van der Waals surface area contributed by atoms with E-state index in [0.717, 1.165) is 0 Å². The van der Waals surface area contributed by atoms with Gasteiger partial charge in [-0.1, -0.05) is 11.8 Å². The minimum atomic E-state index is -0.549. The lowest BCUT2D eigenvalue weighted by Crippen LogP contribution is -2.29. The van der Waals surface area contributed by atoms with E-state index in [1.54, 1.807) is 7.11 Å². The number of nitrogens with one attached hydrogen (secondary N) is 1. The Bertz CT molecular complexity index is 545. The first-order chi connectivity index (χ1) is 9.38. The van der Waals surface area contributed by atoms with Gasteiger partial charge in [0, 0.05) is 12.8 Å². The Kier molecular flexibility index (Phi) is 5.68. The minimum Gasteiger partial charge on any atom is -0.378 e. The molecule has 1 rings (SSSR count). The molecule has 20 heavy (non-hydrogen) atoms. The summed E-state index contributed by atoms with van der Waals surface area (Å²) >= 11 is 0. The number of amides is 1. The SMILES string of the molecule is COC(C)(C)CC(=O)Nc1ccc(F)c(C#CCN)c1. The molecule has 0 atom stereocenters. The van der Waals surface area contributed by atoms with Crippen LogP contribution in [-0.4, -0.2) is 25.2 Å². The molecule has 0 aliphatic carbocycles. The van der Waals surface area contributed by atoms with Gasteiger partial charge in [0.25, 0.3) is 0 Å². The van der Waals surface area contributed by atoms with Gasteiger partial charge >= 0.3 is 0 Å². The van der Waals surface area contributed by atoms with E-state index in [4.69, 9.17) is 10.5 Å². The summed E-state index contributed by atoms with van der Waals surface area (Å²) in [7, 11) is 1.55. The Morgan fingerprint density at radius 2 is 2.20 bits per heavy atom. The minimum absolute atomic E-state index is 0.151. The van der Waals surface area contributed by atoms with Crippen LogP contribution < -0.4 is 11.1 Å². The second-order valence-electron chi connectivity index (χ2n) is 4.89. The summed E-state index contributed by atoms with van der Waals surface area (Å²) in [6.07, 6.45) is 0.199. The van der Waals surface area contributed by atoms with Crippen LogP contribution in [0.2, 0.25) is 0 Å². The largest absolute Gasteiger partial charge is 0.378 e. The second-order valence-corrected chi connectivity index (χ2v) is 4.89. The Labute approximate surface area is 118 Å². The number of benzene rings is 1. The van der Waals surface area contributed by atoms with Gasteiger partial charge in [0.15, 0.2) is 0 Å². The highest BCUT2D eigenvalue weighted by molar-refractivity contribution is 5.91. The lowest BCUT2D eigenvalue weighted by atomic mass is 10.0. The van der Waals surface area contributed by atoms with Crippen molar-refractivity contribution in [2.75, 3.05) is 19.0 Å². The quantitative estimate of drug-likeness (QED) is 0.827. The van der Waals surface area contributed by atoms with Crippen LogP contribution in [0.3, 0.4) is 0 Å². The lowest BCUT2D eigenvalue weighted by molar-refractivity contribution is -0.121. The molecule has 0 heterocycles. The fraction of sp³-hybridized carbons (Fsp3) is 0.400. The van der Waals surface area contributed by atoms with Crippen LogP contribution in [0.4, 0.5) is 10.1 Å². The predicted octanol–water partition coefficient (Wildman–Crippen LogP) is 1.89. The molecule has 1 aromatic carbocycles. The average Bonchev–Trinajstić information content (AvgIpc) is 2.38. The Balaban J connectivity index is 2.81. The van der Waals surface area contributed by atoms with E-state index in [1.165, 1.54) is 18.2 Å². The smallest absolute Gasteiger partial charge is 0.227 e. The van der Waals surface area contributed by atoms with Crippen molar-refractivity contribution in [1.29, 1.82) is 0 Å². The van der Waals surface area contributed by atoms with Gasteiger partial charge in [-0.3, -0.25) is 4.79 Å². The molecule has 108 valence electrons. The summed E-state index contributed by atoms with van der Waals surface area (Å²) in [6, 6.07) is 4.23. The standard InChI is InChI=1S/C15H19FN2O2/c1-15(2,20-3)10-14(19)18-12-6-7-13(16)11(9-12)5-4-8-17/h6-7,9H,8,10,17H2,1-3H3,(H,18,19). The number of ether oxygens (including phenoxy) is 1. The first-order valence-electron chi connectivity index (χ1n) is 6.21. The van der Waals surface area contributed by atoms with Gasteiger partial charge in [0.05, 0.1) is 24.1 Å². The zero-order valence-corrected chi connectivity index (χ0v) is 11.9. The third-order valence-corrected chi connectivity index (χ3v) is 2.71. The maximum absolute atomic E-state index is 13.5. The van der Waals surface area contributed by atoms with E-state index in [0.29, 0.717) is 5.69 Å². The van der Waals surface area contributed by atoms with Crippen LogP contribution in [0, 0.1) is 17.7 Å². The molecular formula is C15H19FN2O2. The molecule has 4 nitrogen and oxygen atoms in total. The monoisotopic (exact) mass is 278 g/mol. The van der Waals surface area contributed by atoms with Crippen LogP contribution in [-0.2, 0) is 9.53 Å². The van der Waals surface area contributed by atoms with Crippen molar-refractivity contribution in [2.24, 2.45) is 5.73 Å². The Morgan fingerprint density at radius 1 is 1.50 bits per heavy atom. The Morgan fingerprint density at radius 3 is 2.80 bits per heavy atom. The molecule has 0 spiro atoms. The number of nitrogens with two attached hydrogens (primary N) is 1. The fourth-order valence-electron chi connectivity index (χ4n) is 1.51. The van der Waals surface area contributed by atoms with Crippen LogP contribution in [0.1, 0.15) is 25.8 Å². The summed E-state index contributed by atoms with van der Waals surface area (Å²) in [5, 5.41) is 2.69. The van der Waals surface area contributed by atoms with Crippen LogP contribution >= 0.6 is 0 Å². The first-order valence-corrected chi connectivity index (χ1v) is 6.21. The van der Waals surface area contributed by atoms with Crippen molar-refractivity contribution in [3.63, 3.8) is 0 Å². The molecule has 1 amide bonds. The average molecular weight is 278 g/mol. The van der Waals surface area contributed by atoms with Crippen molar-refractivity contribution in [2.45, 2.75) is 25.9 Å². The highest BCUT2D eigenvalue weighted by atomic mass is 19.1. The molecule has 0 aromatic heterocycles. The number of methoxy groups -OCH3 is 1. The number of rotatable bonds is 4. The van der Waals surface area contributed by atoms with Gasteiger partial charge in [-0.2, -0.15) is 0 Å². The highest BCUT2D eigenvalue weighted by Gasteiger charge is 2.21. The molecule has 5 heteroatoms. The molecule has 0 aliphatic heterocycles. The molecule has 0 bridgehead atoms. The maximum atomic E-state index is 13.5. The summed E-state index contributed by atoms with van der Waals surface area (Å²) < 4.78 is 18.7. The van der Waals surface area contributed by atoms with Gasteiger partial charge in [0.1, 0.15) is 5.82 Å². The highest BCUT2D eigenvalue weighted by Crippen LogP contribution is 2.17. The van der Waals surface area contributed by atoms with Crippen molar-refractivity contribution in [1.82, 2.24) is 0 Å². The summed E-state index contributed by atoms with van der Waals surface area (Å²) in [5.74, 6) is 4.55. The number of carbonyl (C=O) groups is 1. The fourth-order valence-corrected chi connectivity index (χ4v) is 1.51. The number of carbonyl (C=O) groups excluding carboxylic acids is 1. The van der Waals surface area contributed by atoms with Crippen molar-refractivity contribution >= 4 is 11.6 Å². The van der Waals surface area contributed by atoms with E-state index >= 15 is 0 Å². The van der Waals surface area contributed by atoms with Crippen LogP contribution in [0.25, 0.3) is 0 Å². The van der Waals surface area contributed by atoms with Crippen molar-refractivity contribution < 1.29 is 13.9 Å². The van der Waals surface area contributed by atoms with Crippen LogP contribution in [0.5, 0.6) is 0 Å². The molecular weight excluding hydrogens is 259 g/mol. The molecule has 1 aromatic rings. The van der Waals surface area contributed by atoms with E-state index < -0.39 is 11.4 Å². The number of halogens is 1. The molecule has 0 unspecified atom stereocenters. The van der Waals surface area contributed by atoms with E-state index in [2.05, 4.69) is 17.2 Å². The van der Waals surface area contributed by atoms with Gasteiger partial charge in [-0.15, -0.1) is 0 Å². The van der Waals surface area contributed by atoms with Gasteiger partial charge in [0.2, 0.25) is 5.91 Å². The van der Waals surface area contributed by atoms with Crippen LogP contribution in [0.15, 0.2) is 18.2 Å². The van der Waals surface area contributed by atoms with E-state index in [-0.39, 0.29) is 24.4 Å². The van der Waals surface area contributed by atoms with Gasteiger partial charge in [-0.25, -0.2) is 4.39 Å². The maximum Gasteiger partial charge on any atom is 0.227 e. The molecule has 0 saturated heterocycles. The third kappa shape index (κ3) is 5.00. The van der Waals surface area contributed by atoms with Gasteiger partial charge < -0.3 is 15.8 Å². The van der Waals surface area contributed by atoms with Crippen molar-refractivity contribution in [3.8, 4) is 11.8 Å². The molecule has 0 saturated carbocycles. The van der Waals surface area contributed by atoms with Gasteiger partial charge in [-0.05, 0) is 32.0 Å².